The lowest BCUT2D eigenvalue weighted by atomic mass is 9.72. The van der Waals surface area contributed by atoms with Crippen molar-refractivity contribution >= 4 is 22.8 Å². The first-order valence-electron chi connectivity index (χ1n) is 9.54. The summed E-state index contributed by atoms with van der Waals surface area (Å²) >= 11 is 0. The number of likely N-dealkylation sites (tertiary alicyclic amines) is 1. The van der Waals surface area contributed by atoms with Gasteiger partial charge in [0.05, 0.1) is 12.5 Å². The van der Waals surface area contributed by atoms with Gasteiger partial charge in [-0.25, -0.2) is 0 Å². The molecule has 0 spiro atoms. The van der Waals surface area contributed by atoms with Crippen LogP contribution in [-0.4, -0.2) is 41.5 Å². The second kappa shape index (κ2) is 7.15. The lowest BCUT2D eigenvalue weighted by molar-refractivity contribution is -0.149. The van der Waals surface area contributed by atoms with Crippen molar-refractivity contribution in [2.24, 2.45) is 7.05 Å². The molecule has 2 heterocycles. The molecule has 0 saturated carbocycles. The summed E-state index contributed by atoms with van der Waals surface area (Å²) in [5.74, 6) is -0.222. The van der Waals surface area contributed by atoms with E-state index in [1.54, 1.807) is 0 Å². The number of aryl methyl sites for hydroxylation is 1. The van der Waals surface area contributed by atoms with E-state index in [1.165, 1.54) is 7.11 Å². The van der Waals surface area contributed by atoms with Crippen LogP contribution in [0.15, 0.2) is 60.7 Å². The van der Waals surface area contributed by atoms with Crippen molar-refractivity contribution in [3.05, 3.63) is 71.9 Å². The number of fused-ring (bicyclic) bond motifs is 1. The lowest BCUT2D eigenvalue weighted by Gasteiger charge is -2.40. The van der Waals surface area contributed by atoms with Gasteiger partial charge in [0.15, 0.2) is 0 Å². The van der Waals surface area contributed by atoms with Gasteiger partial charge in [0, 0.05) is 31.0 Å². The zero-order valence-corrected chi connectivity index (χ0v) is 16.2. The molecular formula is C23H24N2O3. The number of nitrogens with zero attached hydrogens (tertiary/aromatic N) is 2. The number of methoxy groups -OCH3 is 1. The van der Waals surface area contributed by atoms with Crippen LogP contribution in [0.4, 0.5) is 0 Å². The molecule has 0 atom stereocenters. The summed E-state index contributed by atoms with van der Waals surface area (Å²) in [6, 6.07) is 19.7. The Labute approximate surface area is 164 Å². The Morgan fingerprint density at radius 2 is 1.61 bits per heavy atom. The van der Waals surface area contributed by atoms with Gasteiger partial charge in [-0.3, -0.25) is 9.59 Å². The average Bonchev–Trinajstić information content (AvgIpc) is 3.10. The predicted octanol–water partition coefficient (Wildman–Crippen LogP) is 3.53. The maximum absolute atomic E-state index is 13.2. The molecule has 1 saturated heterocycles. The summed E-state index contributed by atoms with van der Waals surface area (Å²) in [7, 11) is 3.35. The number of rotatable bonds is 3. The van der Waals surface area contributed by atoms with E-state index < -0.39 is 5.41 Å². The minimum atomic E-state index is -0.689. The Balaban J connectivity index is 1.59. The molecule has 1 aliphatic heterocycles. The monoisotopic (exact) mass is 376 g/mol. The first kappa shape index (κ1) is 18.3. The standard InChI is InChI=1S/C23H24N2O3/c1-24-19-11-7-6-8-17(19)16-20(24)21(26)25-14-12-23(13-15-25,22(27)28-2)18-9-4-3-5-10-18/h3-11,16H,12-15H2,1-2H3. The van der Waals surface area contributed by atoms with Crippen molar-refractivity contribution in [1.82, 2.24) is 9.47 Å². The quantitative estimate of drug-likeness (QED) is 0.657. The van der Waals surface area contributed by atoms with Gasteiger partial charge in [-0.15, -0.1) is 0 Å². The van der Waals surface area contributed by atoms with Gasteiger partial charge in [-0.2, -0.15) is 0 Å². The van der Waals surface area contributed by atoms with E-state index in [9.17, 15) is 9.59 Å². The van der Waals surface area contributed by atoms with Crippen LogP contribution in [0.2, 0.25) is 0 Å². The number of benzene rings is 2. The molecule has 144 valence electrons. The molecule has 0 bridgehead atoms. The van der Waals surface area contributed by atoms with Crippen LogP contribution >= 0.6 is 0 Å². The first-order valence-corrected chi connectivity index (χ1v) is 9.54. The van der Waals surface area contributed by atoms with E-state index >= 15 is 0 Å². The molecule has 0 N–H and O–H groups in total. The number of hydrogen-bond donors (Lipinski definition) is 0. The fourth-order valence-electron chi connectivity index (χ4n) is 4.31. The Morgan fingerprint density at radius 3 is 2.25 bits per heavy atom. The number of para-hydroxylation sites is 1. The van der Waals surface area contributed by atoms with Crippen molar-refractivity contribution in [3.63, 3.8) is 0 Å². The van der Waals surface area contributed by atoms with Crippen LogP contribution < -0.4 is 0 Å². The number of carbonyl (C=O) groups is 2. The van der Waals surface area contributed by atoms with Gasteiger partial charge in [0.1, 0.15) is 5.69 Å². The smallest absolute Gasteiger partial charge is 0.316 e. The van der Waals surface area contributed by atoms with E-state index in [1.807, 2.05) is 77.2 Å². The van der Waals surface area contributed by atoms with Crippen molar-refractivity contribution in [2.75, 3.05) is 20.2 Å². The Kier molecular flexibility index (Phi) is 4.67. The molecule has 1 amide bonds. The van der Waals surface area contributed by atoms with Gasteiger partial charge < -0.3 is 14.2 Å². The fourth-order valence-corrected chi connectivity index (χ4v) is 4.31. The van der Waals surface area contributed by atoms with Gasteiger partial charge in [-0.1, -0.05) is 48.5 Å². The maximum Gasteiger partial charge on any atom is 0.316 e. The molecular weight excluding hydrogens is 352 g/mol. The van der Waals surface area contributed by atoms with E-state index in [0.29, 0.717) is 31.6 Å². The molecule has 1 aromatic heterocycles. The number of hydrogen-bond acceptors (Lipinski definition) is 3. The molecule has 5 nitrogen and oxygen atoms in total. The second-order valence-electron chi connectivity index (χ2n) is 7.38. The topological polar surface area (TPSA) is 51.5 Å². The zero-order valence-electron chi connectivity index (χ0n) is 16.2. The van der Waals surface area contributed by atoms with Gasteiger partial charge >= 0.3 is 5.97 Å². The summed E-state index contributed by atoms with van der Waals surface area (Å²) in [6.45, 7) is 1.04. The third kappa shape index (κ3) is 2.87. The molecule has 28 heavy (non-hydrogen) atoms. The molecule has 2 aromatic carbocycles. The van der Waals surface area contributed by atoms with Crippen molar-refractivity contribution in [3.8, 4) is 0 Å². The molecule has 5 heteroatoms. The van der Waals surface area contributed by atoms with E-state index in [0.717, 1.165) is 16.5 Å². The Morgan fingerprint density at radius 1 is 0.964 bits per heavy atom. The largest absolute Gasteiger partial charge is 0.468 e. The summed E-state index contributed by atoms with van der Waals surface area (Å²) in [5.41, 5.74) is 1.98. The van der Waals surface area contributed by atoms with Crippen LogP contribution in [0, 0.1) is 0 Å². The maximum atomic E-state index is 13.2. The van der Waals surface area contributed by atoms with Crippen LogP contribution in [-0.2, 0) is 22.0 Å². The minimum Gasteiger partial charge on any atom is -0.468 e. The average molecular weight is 376 g/mol. The van der Waals surface area contributed by atoms with E-state index in [2.05, 4.69) is 0 Å². The highest BCUT2D eigenvalue weighted by Gasteiger charge is 2.45. The van der Waals surface area contributed by atoms with Gasteiger partial charge in [0.2, 0.25) is 0 Å². The first-order chi connectivity index (χ1) is 13.6. The molecule has 0 radical (unpaired) electrons. The molecule has 1 aliphatic rings. The molecule has 0 aliphatic carbocycles. The molecule has 3 aromatic rings. The van der Waals surface area contributed by atoms with Crippen LogP contribution in [0.25, 0.3) is 10.9 Å². The van der Waals surface area contributed by atoms with Gasteiger partial charge in [0.25, 0.3) is 5.91 Å². The third-order valence-corrected chi connectivity index (χ3v) is 5.98. The minimum absolute atomic E-state index is 0.00484. The third-order valence-electron chi connectivity index (χ3n) is 5.98. The Bertz CT molecular complexity index is 1010. The lowest BCUT2D eigenvalue weighted by Crippen LogP contribution is -2.49. The molecule has 1 fully saturated rings. The number of piperidine rings is 1. The second-order valence-corrected chi connectivity index (χ2v) is 7.38. The molecule has 0 unspecified atom stereocenters. The zero-order chi connectivity index (χ0) is 19.7. The number of amides is 1. The van der Waals surface area contributed by atoms with Crippen LogP contribution in [0.3, 0.4) is 0 Å². The van der Waals surface area contributed by atoms with E-state index in [4.69, 9.17) is 4.74 Å². The normalized spacial score (nSPS) is 16.1. The summed E-state index contributed by atoms with van der Waals surface area (Å²) in [4.78, 5) is 27.7. The van der Waals surface area contributed by atoms with Crippen molar-refractivity contribution in [2.45, 2.75) is 18.3 Å². The highest BCUT2D eigenvalue weighted by atomic mass is 16.5. The highest BCUT2D eigenvalue weighted by Crippen LogP contribution is 2.37. The number of esters is 1. The van der Waals surface area contributed by atoms with E-state index in [-0.39, 0.29) is 11.9 Å². The highest BCUT2D eigenvalue weighted by molar-refractivity contribution is 5.99. The summed E-state index contributed by atoms with van der Waals surface area (Å²) < 4.78 is 7.08. The van der Waals surface area contributed by atoms with Crippen molar-refractivity contribution < 1.29 is 14.3 Å². The number of aromatic nitrogens is 1. The SMILES string of the molecule is COC(=O)C1(c2ccccc2)CCN(C(=O)c2cc3ccccc3n2C)CC1. The molecule has 4 rings (SSSR count). The summed E-state index contributed by atoms with van der Waals surface area (Å²) in [6.07, 6.45) is 1.11. The number of carbonyl (C=O) groups excluding carboxylic acids is 2. The number of ether oxygens (including phenoxy) is 1. The van der Waals surface area contributed by atoms with Crippen LogP contribution in [0.1, 0.15) is 28.9 Å². The Hall–Kier alpha value is -3.08. The van der Waals surface area contributed by atoms with Gasteiger partial charge in [-0.05, 0) is 30.5 Å². The van der Waals surface area contributed by atoms with Crippen LogP contribution in [0.5, 0.6) is 0 Å². The predicted molar refractivity (Wildman–Crippen MR) is 108 cm³/mol. The fraction of sp³-hybridized carbons (Fsp3) is 0.304. The van der Waals surface area contributed by atoms with Crippen molar-refractivity contribution in [1.29, 1.82) is 0 Å². The summed E-state index contributed by atoms with van der Waals surface area (Å²) in [5, 5.41) is 1.05.